The van der Waals surface area contributed by atoms with Crippen molar-refractivity contribution in [2.75, 3.05) is 0 Å². The van der Waals surface area contributed by atoms with E-state index in [-0.39, 0.29) is 10.4 Å². The second-order valence-corrected chi connectivity index (χ2v) is 5.16. The summed E-state index contributed by atoms with van der Waals surface area (Å²) in [7, 11) is 0. The first-order valence-electron chi connectivity index (χ1n) is 4.74. The molecule has 0 atom stereocenters. The van der Waals surface area contributed by atoms with Gasteiger partial charge in [-0.15, -0.1) is 0 Å². The van der Waals surface area contributed by atoms with Crippen LogP contribution >= 0.6 is 31.9 Å². The van der Waals surface area contributed by atoms with Gasteiger partial charge in [0.25, 0.3) is 5.56 Å². The highest BCUT2D eigenvalue weighted by Gasteiger charge is 2.09. The smallest absolute Gasteiger partial charge is 0.269 e. The van der Waals surface area contributed by atoms with Crippen molar-refractivity contribution in [1.29, 1.82) is 0 Å². The van der Waals surface area contributed by atoms with Crippen molar-refractivity contribution in [2.45, 2.75) is 6.92 Å². The van der Waals surface area contributed by atoms with Crippen LogP contribution in [0.25, 0.3) is 11.4 Å². The summed E-state index contributed by atoms with van der Waals surface area (Å²) in [4.78, 5) is 18.0. The third-order valence-corrected chi connectivity index (χ3v) is 3.86. The van der Waals surface area contributed by atoms with Crippen LogP contribution in [0.1, 0.15) is 5.56 Å². The van der Waals surface area contributed by atoms with Crippen LogP contribution in [0, 0.1) is 6.92 Å². The molecule has 2 rings (SSSR count). The molecule has 1 heterocycles. The quantitative estimate of drug-likeness (QED) is 0.822. The van der Waals surface area contributed by atoms with E-state index in [2.05, 4.69) is 41.8 Å². The van der Waals surface area contributed by atoms with Gasteiger partial charge in [-0.1, -0.05) is 28.1 Å². The van der Waals surface area contributed by atoms with E-state index in [0.29, 0.717) is 5.82 Å². The molecule has 0 aliphatic rings. The fraction of sp³-hybridized carbons (Fsp3) is 0.0909. The van der Waals surface area contributed by atoms with Crippen molar-refractivity contribution in [3.63, 3.8) is 0 Å². The van der Waals surface area contributed by atoms with Gasteiger partial charge in [-0.3, -0.25) is 4.79 Å². The first-order chi connectivity index (χ1) is 7.99. The van der Waals surface area contributed by atoms with Crippen LogP contribution in [0.4, 0.5) is 0 Å². The molecule has 0 aliphatic heterocycles. The third-order valence-electron chi connectivity index (χ3n) is 2.29. The molecule has 0 spiro atoms. The molecule has 0 fully saturated rings. The lowest BCUT2D eigenvalue weighted by Gasteiger charge is -2.04. The number of rotatable bonds is 1. The van der Waals surface area contributed by atoms with Crippen LogP contribution in [0.15, 0.2) is 31.9 Å². The van der Waals surface area contributed by atoms with Crippen molar-refractivity contribution < 1.29 is 5.11 Å². The second kappa shape index (κ2) is 4.62. The first-order valence-corrected chi connectivity index (χ1v) is 6.33. The standard InChI is InChI=1S/C11H8Br2N2O2/c1-5-2-3-6(4-7(5)12)9-14-10(16)8(13)11(17)15-9/h2-4H,1H3,(H2,14,15,16,17). The molecule has 0 aliphatic carbocycles. The number of halogens is 2. The number of hydrogen-bond donors (Lipinski definition) is 2. The second-order valence-electron chi connectivity index (χ2n) is 3.52. The Labute approximate surface area is 114 Å². The predicted octanol–water partition coefficient (Wildman–Crippen LogP) is 2.98. The SMILES string of the molecule is Cc1ccc(-c2nc(O)c(Br)c(=O)[nH]2)cc1Br. The molecule has 0 radical (unpaired) electrons. The number of nitrogens with one attached hydrogen (secondary N) is 1. The van der Waals surface area contributed by atoms with Gasteiger partial charge in [0, 0.05) is 10.0 Å². The summed E-state index contributed by atoms with van der Waals surface area (Å²) in [5.41, 5.74) is 1.39. The van der Waals surface area contributed by atoms with Crippen molar-refractivity contribution in [1.82, 2.24) is 9.97 Å². The van der Waals surface area contributed by atoms with E-state index in [4.69, 9.17) is 0 Å². The highest BCUT2D eigenvalue weighted by Crippen LogP contribution is 2.25. The molecule has 2 aromatic rings. The number of H-pyrrole nitrogens is 1. The van der Waals surface area contributed by atoms with E-state index < -0.39 is 5.56 Å². The third kappa shape index (κ3) is 2.42. The Balaban J connectivity index is 2.61. The summed E-state index contributed by atoms with van der Waals surface area (Å²) in [6, 6.07) is 5.56. The van der Waals surface area contributed by atoms with E-state index in [1.807, 2.05) is 25.1 Å². The Morgan fingerprint density at radius 3 is 2.65 bits per heavy atom. The fourth-order valence-corrected chi connectivity index (χ4v) is 1.89. The van der Waals surface area contributed by atoms with E-state index >= 15 is 0 Å². The Kier molecular flexibility index (Phi) is 3.35. The molecule has 0 bridgehead atoms. The zero-order valence-electron chi connectivity index (χ0n) is 8.79. The van der Waals surface area contributed by atoms with Gasteiger partial charge < -0.3 is 10.1 Å². The zero-order chi connectivity index (χ0) is 12.6. The topological polar surface area (TPSA) is 66.0 Å². The van der Waals surface area contributed by atoms with Crippen molar-refractivity contribution >= 4 is 31.9 Å². The highest BCUT2D eigenvalue weighted by molar-refractivity contribution is 9.10. The van der Waals surface area contributed by atoms with Crippen molar-refractivity contribution in [2.24, 2.45) is 0 Å². The van der Waals surface area contributed by atoms with Crippen LogP contribution in [0.2, 0.25) is 0 Å². The molecule has 1 aromatic carbocycles. The van der Waals surface area contributed by atoms with E-state index in [1.165, 1.54) is 0 Å². The Bertz CT molecular complexity index is 638. The minimum atomic E-state index is -0.413. The van der Waals surface area contributed by atoms with Gasteiger partial charge in [0.15, 0.2) is 0 Å². The van der Waals surface area contributed by atoms with Crippen LogP contribution in [0.5, 0.6) is 5.88 Å². The molecule has 0 saturated heterocycles. The minimum Gasteiger partial charge on any atom is -0.492 e. The Hall–Kier alpha value is -1.14. The summed E-state index contributed by atoms with van der Waals surface area (Å²) in [5, 5.41) is 9.48. The van der Waals surface area contributed by atoms with Gasteiger partial charge >= 0.3 is 0 Å². The molecule has 0 unspecified atom stereocenters. The Morgan fingerprint density at radius 2 is 2.06 bits per heavy atom. The number of aryl methyl sites for hydroxylation is 1. The van der Waals surface area contributed by atoms with Gasteiger partial charge in [0.1, 0.15) is 10.3 Å². The lowest BCUT2D eigenvalue weighted by Crippen LogP contribution is -2.09. The van der Waals surface area contributed by atoms with Gasteiger partial charge in [-0.05, 0) is 34.5 Å². The number of aromatic amines is 1. The monoisotopic (exact) mass is 358 g/mol. The maximum atomic E-state index is 11.5. The average Bonchev–Trinajstić information content (AvgIpc) is 2.29. The van der Waals surface area contributed by atoms with E-state index in [0.717, 1.165) is 15.6 Å². The zero-order valence-corrected chi connectivity index (χ0v) is 12.0. The molecule has 88 valence electrons. The van der Waals surface area contributed by atoms with Crippen LogP contribution in [0.3, 0.4) is 0 Å². The van der Waals surface area contributed by atoms with Crippen LogP contribution in [-0.2, 0) is 0 Å². The molecular weight excluding hydrogens is 352 g/mol. The lowest BCUT2D eigenvalue weighted by molar-refractivity contribution is 0.448. The van der Waals surface area contributed by atoms with E-state index in [9.17, 15) is 9.90 Å². The summed E-state index contributed by atoms with van der Waals surface area (Å²) in [6.07, 6.45) is 0. The number of hydrogen-bond acceptors (Lipinski definition) is 3. The molecule has 0 amide bonds. The fourth-order valence-electron chi connectivity index (χ4n) is 1.32. The predicted molar refractivity (Wildman–Crippen MR) is 72.1 cm³/mol. The maximum absolute atomic E-state index is 11.5. The molecule has 2 N–H and O–H groups in total. The van der Waals surface area contributed by atoms with Gasteiger partial charge in [0.2, 0.25) is 5.88 Å². The van der Waals surface area contributed by atoms with E-state index in [1.54, 1.807) is 0 Å². The molecule has 17 heavy (non-hydrogen) atoms. The molecule has 4 nitrogen and oxygen atoms in total. The number of nitrogens with zero attached hydrogens (tertiary/aromatic N) is 1. The van der Waals surface area contributed by atoms with Gasteiger partial charge in [0.05, 0.1) is 0 Å². The van der Waals surface area contributed by atoms with Crippen LogP contribution < -0.4 is 5.56 Å². The number of benzene rings is 1. The maximum Gasteiger partial charge on any atom is 0.269 e. The van der Waals surface area contributed by atoms with Crippen molar-refractivity contribution in [3.8, 4) is 17.3 Å². The average molecular weight is 360 g/mol. The first kappa shape index (κ1) is 12.3. The summed E-state index contributed by atoms with van der Waals surface area (Å²) < 4.78 is 0.951. The van der Waals surface area contributed by atoms with Crippen molar-refractivity contribution in [3.05, 3.63) is 43.1 Å². The summed E-state index contributed by atoms with van der Waals surface area (Å²) in [5.74, 6) is 0.0110. The Morgan fingerprint density at radius 1 is 1.35 bits per heavy atom. The highest BCUT2D eigenvalue weighted by atomic mass is 79.9. The molecular formula is C11H8Br2N2O2. The lowest BCUT2D eigenvalue weighted by atomic mass is 10.1. The van der Waals surface area contributed by atoms with Crippen LogP contribution in [-0.4, -0.2) is 15.1 Å². The normalized spacial score (nSPS) is 10.5. The molecule has 6 heteroatoms. The van der Waals surface area contributed by atoms with Gasteiger partial charge in [-0.25, -0.2) is 0 Å². The number of aromatic nitrogens is 2. The minimum absolute atomic E-state index is 0.0347. The largest absolute Gasteiger partial charge is 0.492 e. The summed E-state index contributed by atoms with van der Waals surface area (Å²) in [6.45, 7) is 1.96. The molecule has 0 saturated carbocycles. The number of aromatic hydroxyl groups is 1. The van der Waals surface area contributed by atoms with Gasteiger partial charge in [-0.2, -0.15) is 4.98 Å². The molecule has 1 aromatic heterocycles. The summed E-state index contributed by atoms with van der Waals surface area (Å²) >= 11 is 6.35.